The molecule has 0 amide bonds. The van der Waals surface area contributed by atoms with Crippen molar-refractivity contribution >= 4 is 21.4 Å². The van der Waals surface area contributed by atoms with Crippen LogP contribution in [0.1, 0.15) is 5.69 Å². The van der Waals surface area contributed by atoms with E-state index in [1.807, 2.05) is 0 Å². The Morgan fingerprint density at radius 3 is 2.67 bits per heavy atom. The number of nitrogens with two attached hydrogens (primary N) is 1. The van der Waals surface area contributed by atoms with Crippen LogP contribution in [-0.2, 0) is 16.6 Å². The first-order chi connectivity index (χ1) is 9.90. The Kier molecular flexibility index (Phi) is 4.15. The molecule has 0 radical (unpaired) electrons. The average Bonchev–Trinajstić information content (AvgIpc) is 2.46. The molecule has 0 spiro atoms. The molecular weight excluding hydrogens is 296 g/mol. The molecule has 0 aliphatic heterocycles. The number of nitrogens with zero attached hydrogens (tertiary/aromatic N) is 2. The van der Waals surface area contributed by atoms with E-state index in [0.29, 0.717) is 5.69 Å². The molecule has 2 aromatic rings. The number of nitrogens with one attached hydrogen (secondary N) is 1. The lowest BCUT2D eigenvalue weighted by molar-refractivity contribution is -0.384. The van der Waals surface area contributed by atoms with Gasteiger partial charge in [0.1, 0.15) is 5.69 Å². The molecule has 0 aliphatic rings. The first kappa shape index (κ1) is 14.9. The van der Waals surface area contributed by atoms with Crippen LogP contribution in [0.4, 0.5) is 11.4 Å². The van der Waals surface area contributed by atoms with Gasteiger partial charge in [-0.3, -0.25) is 15.1 Å². The van der Waals surface area contributed by atoms with E-state index in [-0.39, 0.29) is 17.1 Å². The minimum atomic E-state index is -3.88. The molecule has 8 nitrogen and oxygen atoms in total. The van der Waals surface area contributed by atoms with Crippen LogP contribution in [0.25, 0.3) is 0 Å². The number of nitro benzene ring substituents is 1. The summed E-state index contributed by atoms with van der Waals surface area (Å²) >= 11 is 0. The lowest BCUT2D eigenvalue weighted by Gasteiger charge is -2.07. The molecule has 1 aromatic heterocycles. The average molecular weight is 308 g/mol. The van der Waals surface area contributed by atoms with Gasteiger partial charge < -0.3 is 5.73 Å². The zero-order chi connectivity index (χ0) is 15.5. The van der Waals surface area contributed by atoms with Crippen LogP contribution in [0.5, 0.6) is 0 Å². The van der Waals surface area contributed by atoms with E-state index in [4.69, 9.17) is 5.73 Å². The number of rotatable bonds is 5. The number of nitro groups is 1. The quantitative estimate of drug-likeness (QED) is 0.482. The van der Waals surface area contributed by atoms with Crippen molar-refractivity contribution in [2.24, 2.45) is 0 Å². The van der Waals surface area contributed by atoms with Gasteiger partial charge in [0.05, 0.1) is 22.1 Å². The molecule has 0 fully saturated rings. The molecular formula is C12H12N4O4S. The summed E-state index contributed by atoms with van der Waals surface area (Å²) in [6.07, 6.45) is 1.54. The maximum Gasteiger partial charge on any atom is 0.293 e. The second-order valence-electron chi connectivity index (χ2n) is 4.12. The Labute approximate surface area is 120 Å². The molecule has 0 bridgehead atoms. The van der Waals surface area contributed by atoms with E-state index in [0.717, 1.165) is 6.07 Å². The van der Waals surface area contributed by atoms with E-state index in [1.165, 1.54) is 18.3 Å². The summed E-state index contributed by atoms with van der Waals surface area (Å²) in [5.74, 6) is 0. The van der Waals surface area contributed by atoms with Crippen LogP contribution < -0.4 is 10.5 Å². The highest BCUT2D eigenvalue weighted by Crippen LogP contribution is 2.24. The number of pyridine rings is 1. The third-order valence-electron chi connectivity index (χ3n) is 2.68. The van der Waals surface area contributed by atoms with Gasteiger partial charge in [-0.25, -0.2) is 13.1 Å². The van der Waals surface area contributed by atoms with Crippen molar-refractivity contribution in [1.29, 1.82) is 0 Å². The zero-order valence-corrected chi connectivity index (χ0v) is 11.6. The molecule has 0 atom stereocenters. The predicted molar refractivity (Wildman–Crippen MR) is 75.8 cm³/mol. The molecule has 2 rings (SSSR count). The number of hydrogen-bond donors (Lipinski definition) is 2. The number of sulfonamides is 1. The van der Waals surface area contributed by atoms with E-state index >= 15 is 0 Å². The van der Waals surface area contributed by atoms with Crippen molar-refractivity contribution in [2.75, 3.05) is 5.73 Å². The second-order valence-corrected chi connectivity index (χ2v) is 5.89. The molecule has 9 heteroatoms. The largest absolute Gasteiger partial charge is 0.393 e. The molecule has 0 saturated heterocycles. The highest BCUT2D eigenvalue weighted by Gasteiger charge is 2.20. The van der Waals surface area contributed by atoms with Crippen LogP contribution in [0.15, 0.2) is 47.5 Å². The van der Waals surface area contributed by atoms with Crippen LogP contribution in [0.3, 0.4) is 0 Å². The number of benzene rings is 1. The van der Waals surface area contributed by atoms with Crippen molar-refractivity contribution in [1.82, 2.24) is 9.71 Å². The third kappa shape index (κ3) is 3.52. The molecule has 1 aromatic carbocycles. The Hall–Kier alpha value is -2.52. The lowest BCUT2D eigenvalue weighted by Crippen LogP contribution is -2.23. The summed E-state index contributed by atoms with van der Waals surface area (Å²) in [7, 11) is -3.88. The van der Waals surface area contributed by atoms with Crippen molar-refractivity contribution in [3.63, 3.8) is 0 Å². The van der Waals surface area contributed by atoms with E-state index in [2.05, 4.69) is 9.71 Å². The van der Waals surface area contributed by atoms with Gasteiger partial charge in [0.15, 0.2) is 0 Å². The maximum absolute atomic E-state index is 12.1. The van der Waals surface area contributed by atoms with Gasteiger partial charge in [0.25, 0.3) is 5.69 Å². The maximum atomic E-state index is 12.1. The number of hydrogen-bond acceptors (Lipinski definition) is 6. The van der Waals surface area contributed by atoms with Gasteiger partial charge in [-0.15, -0.1) is 0 Å². The van der Waals surface area contributed by atoms with Gasteiger partial charge in [-0.05, 0) is 24.3 Å². The van der Waals surface area contributed by atoms with Gasteiger partial charge in [-0.1, -0.05) is 6.07 Å². The number of aromatic nitrogens is 1. The van der Waals surface area contributed by atoms with E-state index in [1.54, 1.807) is 18.2 Å². The number of anilines is 1. The van der Waals surface area contributed by atoms with Crippen molar-refractivity contribution in [3.8, 4) is 0 Å². The lowest BCUT2D eigenvalue weighted by atomic mass is 10.3. The van der Waals surface area contributed by atoms with Gasteiger partial charge in [-0.2, -0.15) is 0 Å². The van der Waals surface area contributed by atoms with Crippen LogP contribution in [0, 0.1) is 10.1 Å². The monoisotopic (exact) mass is 308 g/mol. The van der Waals surface area contributed by atoms with E-state index < -0.39 is 20.6 Å². The predicted octanol–water partition coefficient (Wildman–Crippen LogP) is 1.05. The van der Waals surface area contributed by atoms with Crippen molar-refractivity contribution in [3.05, 3.63) is 58.4 Å². The summed E-state index contributed by atoms with van der Waals surface area (Å²) in [6, 6.07) is 8.42. The molecule has 21 heavy (non-hydrogen) atoms. The van der Waals surface area contributed by atoms with Crippen LogP contribution in [-0.4, -0.2) is 18.3 Å². The standard InChI is InChI=1S/C12H12N4O4S/c13-11-5-4-10(7-12(11)16(17)18)21(19,20)15-8-9-3-1-2-6-14-9/h1-7,15H,8,13H2. The molecule has 1 heterocycles. The van der Waals surface area contributed by atoms with E-state index in [9.17, 15) is 18.5 Å². The summed E-state index contributed by atoms with van der Waals surface area (Å²) < 4.78 is 26.5. The third-order valence-corrected chi connectivity index (χ3v) is 4.08. The Bertz CT molecular complexity index is 762. The topological polar surface area (TPSA) is 128 Å². The SMILES string of the molecule is Nc1ccc(S(=O)(=O)NCc2ccccn2)cc1[N+](=O)[O-]. The zero-order valence-electron chi connectivity index (χ0n) is 10.8. The first-order valence-corrected chi connectivity index (χ1v) is 7.32. The van der Waals surface area contributed by atoms with Gasteiger partial charge in [0.2, 0.25) is 10.0 Å². The number of nitrogen functional groups attached to an aromatic ring is 1. The van der Waals surface area contributed by atoms with Gasteiger partial charge in [0, 0.05) is 12.3 Å². The van der Waals surface area contributed by atoms with Gasteiger partial charge >= 0.3 is 0 Å². The highest BCUT2D eigenvalue weighted by atomic mass is 32.2. The minimum absolute atomic E-state index is 0.0126. The summed E-state index contributed by atoms with van der Waals surface area (Å²) in [5, 5.41) is 10.8. The normalized spacial score (nSPS) is 11.2. The summed E-state index contributed by atoms with van der Waals surface area (Å²) in [6.45, 7) is -0.0126. The minimum Gasteiger partial charge on any atom is -0.393 e. The van der Waals surface area contributed by atoms with Crippen molar-refractivity contribution < 1.29 is 13.3 Å². The molecule has 110 valence electrons. The van der Waals surface area contributed by atoms with Crippen molar-refractivity contribution in [2.45, 2.75) is 11.4 Å². The molecule has 0 aliphatic carbocycles. The Morgan fingerprint density at radius 1 is 1.29 bits per heavy atom. The fourth-order valence-corrected chi connectivity index (χ4v) is 2.62. The molecule has 0 saturated carbocycles. The smallest absolute Gasteiger partial charge is 0.293 e. The Morgan fingerprint density at radius 2 is 2.05 bits per heavy atom. The van der Waals surface area contributed by atoms with Crippen LogP contribution >= 0.6 is 0 Å². The second kappa shape index (κ2) is 5.85. The molecule has 0 unspecified atom stereocenters. The fourth-order valence-electron chi connectivity index (χ4n) is 1.60. The van der Waals surface area contributed by atoms with Crippen LogP contribution in [0.2, 0.25) is 0 Å². The highest BCUT2D eigenvalue weighted by molar-refractivity contribution is 7.89. The summed E-state index contributed by atoms with van der Waals surface area (Å²) in [4.78, 5) is 13.8. The fraction of sp³-hybridized carbons (Fsp3) is 0.0833. The Balaban J connectivity index is 2.24. The first-order valence-electron chi connectivity index (χ1n) is 5.83. The molecule has 3 N–H and O–H groups in total. The summed E-state index contributed by atoms with van der Waals surface area (Å²) in [5.41, 5.74) is 5.42.